The second kappa shape index (κ2) is 9.41. The van der Waals surface area contributed by atoms with Crippen molar-refractivity contribution in [2.24, 2.45) is 5.92 Å². The Balaban J connectivity index is 1.37. The summed E-state index contributed by atoms with van der Waals surface area (Å²) in [5.41, 5.74) is 7.78. The van der Waals surface area contributed by atoms with Crippen molar-refractivity contribution in [1.82, 2.24) is 15.3 Å². The van der Waals surface area contributed by atoms with Crippen LogP contribution < -0.4 is 26.4 Å². The summed E-state index contributed by atoms with van der Waals surface area (Å²) in [7, 11) is 0. The number of ether oxygens (including phenoxy) is 1. The first-order valence-corrected chi connectivity index (χ1v) is 10.0. The number of benzene rings is 2. The maximum atomic E-state index is 14.1. The molecule has 7 nitrogen and oxygen atoms in total. The first-order valence-electron chi connectivity index (χ1n) is 10.0. The number of hydrogen-bond acceptors (Lipinski definition) is 7. The summed E-state index contributed by atoms with van der Waals surface area (Å²) in [6, 6.07) is 14.6. The van der Waals surface area contributed by atoms with Crippen LogP contribution in [0.4, 0.5) is 33.2 Å². The van der Waals surface area contributed by atoms with Crippen LogP contribution in [0.1, 0.15) is 12.8 Å². The highest BCUT2D eigenvalue weighted by atomic mass is 19.1. The zero-order valence-corrected chi connectivity index (χ0v) is 16.6. The van der Waals surface area contributed by atoms with Crippen LogP contribution in [-0.4, -0.2) is 29.7 Å². The van der Waals surface area contributed by atoms with E-state index in [4.69, 9.17) is 10.5 Å². The van der Waals surface area contributed by atoms with Gasteiger partial charge in [-0.1, -0.05) is 6.07 Å². The molecule has 2 heterocycles. The highest BCUT2D eigenvalue weighted by Crippen LogP contribution is 2.23. The van der Waals surface area contributed by atoms with Crippen LogP contribution in [0.3, 0.4) is 0 Å². The van der Waals surface area contributed by atoms with E-state index in [0.717, 1.165) is 50.2 Å². The molecule has 0 bridgehead atoms. The van der Waals surface area contributed by atoms with Gasteiger partial charge in [0.1, 0.15) is 5.75 Å². The molecule has 1 fully saturated rings. The van der Waals surface area contributed by atoms with Crippen molar-refractivity contribution in [3.63, 3.8) is 0 Å². The van der Waals surface area contributed by atoms with Crippen molar-refractivity contribution in [3.8, 4) is 5.75 Å². The van der Waals surface area contributed by atoms with Gasteiger partial charge in [-0.3, -0.25) is 0 Å². The highest BCUT2D eigenvalue weighted by molar-refractivity contribution is 5.63. The monoisotopic (exact) mass is 408 g/mol. The number of nitrogens with one attached hydrogen (secondary N) is 3. The molecule has 0 saturated carbocycles. The highest BCUT2D eigenvalue weighted by Gasteiger charge is 2.13. The molecule has 0 unspecified atom stereocenters. The van der Waals surface area contributed by atoms with E-state index in [0.29, 0.717) is 17.3 Å². The van der Waals surface area contributed by atoms with Crippen LogP contribution in [0.15, 0.2) is 54.7 Å². The Labute approximate surface area is 174 Å². The molecule has 1 aliphatic rings. The largest absolute Gasteiger partial charge is 0.493 e. The fourth-order valence-corrected chi connectivity index (χ4v) is 3.29. The Morgan fingerprint density at radius 1 is 1.07 bits per heavy atom. The number of nitrogens with two attached hydrogens (primary N) is 1. The van der Waals surface area contributed by atoms with Gasteiger partial charge in [0.25, 0.3) is 0 Å². The number of nitrogen functional groups attached to an aromatic ring is 1. The Kier molecular flexibility index (Phi) is 6.24. The first-order chi connectivity index (χ1) is 14.7. The van der Waals surface area contributed by atoms with E-state index in [1.807, 2.05) is 24.3 Å². The summed E-state index contributed by atoms with van der Waals surface area (Å²) >= 11 is 0. The van der Waals surface area contributed by atoms with Gasteiger partial charge >= 0.3 is 0 Å². The molecule has 0 spiro atoms. The van der Waals surface area contributed by atoms with Gasteiger partial charge in [0.2, 0.25) is 5.95 Å². The molecule has 3 aromatic rings. The minimum Gasteiger partial charge on any atom is -0.493 e. The minimum atomic E-state index is -0.551. The number of nitrogens with zero attached hydrogens (tertiary/aromatic N) is 2. The first kappa shape index (κ1) is 19.9. The van der Waals surface area contributed by atoms with Gasteiger partial charge < -0.3 is 26.4 Å². The van der Waals surface area contributed by atoms with Gasteiger partial charge in [-0.05, 0) is 74.3 Å². The van der Waals surface area contributed by atoms with Crippen LogP contribution in [0, 0.1) is 11.7 Å². The number of hydrogen-bond donors (Lipinski definition) is 4. The van der Waals surface area contributed by atoms with E-state index in [1.165, 1.54) is 0 Å². The van der Waals surface area contributed by atoms with Gasteiger partial charge in [-0.25, -0.2) is 9.37 Å². The van der Waals surface area contributed by atoms with Crippen molar-refractivity contribution in [2.75, 3.05) is 36.1 Å². The Bertz CT molecular complexity index is 976. The van der Waals surface area contributed by atoms with E-state index < -0.39 is 5.82 Å². The number of anilines is 5. The molecular weight excluding hydrogens is 383 g/mol. The molecular formula is C22H25FN6O. The van der Waals surface area contributed by atoms with E-state index >= 15 is 0 Å². The fraction of sp³-hybridized carbons (Fsp3) is 0.273. The number of aromatic nitrogens is 2. The molecule has 1 saturated heterocycles. The number of rotatable bonds is 7. The average molecular weight is 408 g/mol. The Morgan fingerprint density at radius 3 is 2.63 bits per heavy atom. The number of halogens is 1. The van der Waals surface area contributed by atoms with Crippen molar-refractivity contribution < 1.29 is 9.13 Å². The third-order valence-corrected chi connectivity index (χ3v) is 4.95. The summed E-state index contributed by atoms with van der Waals surface area (Å²) in [6.07, 6.45) is 3.42. The number of piperidine rings is 1. The van der Waals surface area contributed by atoms with Gasteiger partial charge in [-0.15, -0.1) is 0 Å². The Morgan fingerprint density at radius 2 is 1.87 bits per heavy atom. The molecule has 0 aliphatic carbocycles. The van der Waals surface area contributed by atoms with Crippen LogP contribution in [0.25, 0.3) is 0 Å². The van der Waals surface area contributed by atoms with E-state index in [1.54, 1.807) is 24.3 Å². The zero-order chi connectivity index (χ0) is 20.8. The SMILES string of the molecule is Nc1cccc(Nc2nc(Nc3ccc(OCC4CCNCC4)cc3)ncc2F)c1. The van der Waals surface area contributed by atoms with Gasteiger partial charge in [0.05, 0.1) is 12.8 Å². The van der Waals surface area contributed by atoms with E-state index in [-0.39, 0.29) is 11.8 Å². The molecule has 1 aliphatic heterocycles. The maximum Gasteiger partial charge on any atom is 0.229 e. The average Bonchev–Trinajstić information content (AvgIpc) is 2.76. The lowest BCUT2D eigenvalue weighted by Gasteiger charge is -2.22. The second-order valence-corrected chi connectivity index (χ2v) is 7.29. The lowest BCUT2D eigenvalue weighted by atomic mass is 9.99. The fourth-order valence-electron chi connectivity index (χ4n) is 3.29. The molecule has 156 valence electrons. The molecule has 30 heavy (non-hydrogen) atoms. The molecule has 8 heteroatoms. The lowest BCUT2D eigenvalue weighted by Crippen LogP contribution is -2.30. The smallest absolute Gasteiger partial charge is 0.229 e. The standard InChI is InChI=1S/C22H25FN6O/c23-20-13-26-22(29-21(20)27-18-3-1-2-16(24)12-18)28-17-4-6-19(7-5-17)30-14-15-8-10-25-11-9-15/h1-7,12-13,15,25H,8-11,14,24H2,(H2,26,27,28,29). The van der Waals surface area contributed by atoms with Crippen molar-refractivity contribution in [3.05, 3.63) is 60.5 Å². The molecule has 2 aromatic carbocycles. The Hall–Kier alpha value is -3.39. The van der Waals surface area contributed by atoms with Crippen molar-refractivity contribution >= 4 is 28.8 Å². The molecule has 0 radical (unpaired) electrons. The van der Waals surface area contributed by atoms with E-state index in [2.05, 4.69) is 25.9 Å². The minimum absolute atomic E-state index is 0.0695. The molecule has 5 N–H and O–H groups in total. The summed E-state index contributed by atoms with van der Waals surface area (Å²) in [5.74, 6) is 1.22. The van der Waals surface area contributed by atoms with Gasteiger partial charge in [0.15, 0.2) is 11.6 Å². The molecule has 0 atom stereocenters. The van der Waals surface area contributed by atoms with Crippen LogP contribution in [0.2, 0.25) is 0 Å². The topological polar surface area (TPSA) is 97.1 Å². The van der Waals surface area contributed by atoms with Gasteiger partial charge in [0, 0.05) is 17.1 Å². The lowest BCUT2D eigenvalue weighted by molar-refractivity contribution is 0.215. The third kappa shape index (κ3) is 5.36. The van der Waals surface area contributed by atoms with Crippen molar-refractivity contribution in [1.29, 1.82) is 0 Å². The predicted molar refractivity (Wildman–Crippen MR) is 117 cm³/mol. The quantitative estimate of drug-likeness (QED) is 0.438. The van der Waals surface area contributed by atoms with Crippen LogP contribution in [-0.2, 0) is 0 Å². The summed E-state index contributed by atoms with van der Waals surface area (Å²) < 4.78 is 20.0. The summed E-state index contributed by atoms with van der Waals surface area (Å²) in [5, 5.41) is 9.37. The maximum absolute atomic E-state index is 14.1. The summed E-state index contributed by atoms with van der Waals surface area (Å²) in [4.78, 5) is 8.24. The van der Waals surface area contributed by atoms with Crippen molar-refractivity contribution in [2.45, 2.75) is 12.8 Å². The predicted octanol–water partition coefficient (Wildman–Crippen LogP) is 4.06. The normalized spacial score (nSPS) is 14.3. The van der Waals surface area contributed by atoms with Crippen LogP contribution in [0.5, 0.6) is 5.75 Å². The zero-order valence-electron chi connectivity index (χ0n) is 16.6. The second-order valence-electron chi connectivity index (χ2n) is 7.29. The molecule has 1 aromatic heterocycles. The summed E-state index contributed by atoms with van der Waals surface area (Å²) in [6.45, 7) is 2.85. The molecule has 0 amide bonds. The third-order valence-electron chi connectivity index (χ3n) is 4.95. The van der Waals surface area contributed by atoms with Crippen LogP contribution >= 0.6 is 0 Å². The van der Waals surface area contributed by atoms with E-state index in [9.17, 15) is 4.39 Å². The molecule has 4 rings (SSSR count). The van der Waals surface area contributed by atoms with Gasteiger partial charge in [-0.2, -0.15) is 4.98 Å².